The van der Waals surface area contributed by atoms with E-state index in [9.17, 15) is 10.2 Å². The number of nitrogen functional groups attached to an aromatic ring is 1. The predicted molar refractivity (Wildman–Crippen MR) is 69.5 cm³/mol. The summed E-state index contributed by atoms with van der Waals surface area (Å²) in [6, 6.07) is 2.06. The third-order valence-corrected chi connectivity index (χ3v) is 4.86. The van der Waals surface area contributed by atoms with Gasteiger partial charge < -0.3 is 20.8 Å². The van der Waals surface area contributed by atoms with Crippen molar-refractivity contribution in [2.24, 2.45) is 0 Å². The highest BCUT2D eigenvalue weighted by Crippen LogP contribution is 2.44. The normalized spacial score (nSPS) is 24.0. The van der Waals surface area contributed by atoms with Crippen LogP contribution >= 0.6 is 23.1 Å². The van der Waals surface area contributed by atoms with Crippen LogP contribution in [-0.4, -0.2) is 41.8 Å². The summed E-state index contributed by atoms with van der Waals surface area (Å²) >= 11 is 2.79. The molecule has 0 aliphatic carbocycles. The number of nitrogens with zero attached hydrogens (tertiary/aromatic N) is 2. The Balaban J connectivity index is 2.36. The molecule has 1 aromatic rings. The molecule has 0 bridgehead atoms. The van der Waals surface area contributed by atoms with Gasteiger partial charge in [0.2, 0.25) is 0 Å². The van der Waals surface area contributed by atoms with Crippen LogP contribution in [0, 0.1) is 11.3 Å². The van der Waals surface area contributed by atoms with Crippen molar-refractivity contribution < 1.29 is 10.2 Å². The van der Waals surface area contributed by atoms with Crippen LogP contribution in [0.5, 0.6) is 0 Å². The summed E-state index contributed by atoms with van der Waals surface area (Å²) in [4.78, 5) is 3.22. The lowest BCUT2D eigenvalue weighted by atomic mass is 10.3. The molecule has 1 fully saturated rings. The zero-order chi connectivity index (χ0) is 12.6. The Labute approximate surface area is 107 Å². The Bertz CT molecular complexity index is 459. The van der Waals surface area contributed by atoms with Gasteiger partial charge in [-0.3, -0.25) is 0 Å². The summed E-state index contributed by atoms with van der Waals surface area (Å²) in [7, 11) is 0. The largest absolute Gasteiger partial charge is 0.396 e. The quantitative estimate of drug-likeness (QED) is 0.677. The van der Waals surface area contributed by atoms with Crippen molar-refractivity contribution in [3.8, 4) is 6.07 Å². The molecule has 0 amide bonds. The smallest absolute Gasteiger partial charge is 0.131 e. The summed E-state index contributed by atoms with van der Waals surface area (Å²) in [5.41, 5.74) is 6.37. The molecule has 7 heteroatoms. The number of β-amino-alcohol motifs (C(OH)–C–C–N with tert-alkyl or cyclic N) is 2. The van der Waals surface area contributed by atoms with Crippen LogP contribution in [0.4, 0.5) is 10.7 Å². The van der Waals surface area contributed by atoms with Gasteiger partial charge in [-0.25, -0.2) is 0 Å². The number of nitrogens with two attached hydrogens (primary N) is 1. The number of hydrogen-bond acceptors (Lipinski definition) is 7. The van der Waals surface area contributed by atoms with E-state index in [0.29, 0.717) is 23.7 Å². The molecule has 17 heavy (non-hydrogen) atoms. The minimum Gasteiger partial charge on any atom is -0.396 e. The van der Waals surface area contributed by atoms with E-state index in [4.69, 9.17) is 11.0 Å². The van der Waals surface area contributed by atoms with Crippen molar-refractivity contribution >= 4 is 33.8 Å². The standard InChI is InChI=1S/C10H13N3O2S2/c1-16-9-8(12)7(2-11)17-10(9)13-3-5(14)6(15)4-13/h5-6,14-15H,3-4,12H2,1H3. The Morgan fingerprint density at radius 1 is 1.47 bits per heavy atom. The molecule has 2 heterocycles. The van der Waals surface area contributed by atoms with Crippen LogP contribution in [0.2, 0.25) is 0 Å². The van der Waals surface area contributed by atoms with Gasteiger partial charge in [0, 0.05) is 13.1 Å². The summed E-state index contributed by atoms with van der Waals surface area (Å²) < 4.78 is 0. The molecule has 0 radical (unpaired) electrons. The topological polar surface area (TPSA) is 93.5 Å². The first-order valence-electron chi connectivity index (χ1n) is 5.06. The third-order valence-electron chi connectivity index (χ3n) is 2.73. The molecule has 2 unspecified atom stereocenters. The Morgan fingerprint density at radius 2 is 2.06 bits per heavy atom. The second kappa shape index (κ2) is 4.74. The molecule has 2 rings (SSSR count). The van der Waals surface area contributed by atoms with Crippen molar-refractivity contribution in [1.29, 1.82) is 5.26 Å². The summed E-state index contributed by atoms with van der Waals surface area (Å²) in [5, 5.41) is 28.9. The van der Waals surface area contributed by atoms with Gasteiger partial charge in [-0.05, 0) is 6.26 Å². The van der Waals surface area contributed by atoms with E-state index in [2.05, 4.69) is 6.07 Å². The molecule has 4 N–H and O–H groups in total. The number of aliphatic hydroxyl groups excluding tert-OH is 2. The third kappa shape index (κ3) is 2.09. The number of thiophene rings is 1. The zero-order valence-corrected chi connectivity index (χ0v) is 10.9. The molecule has 1 aromatic heterocycles. The Morgan fingerprint density at radius 3 is 2.53 bits per heavy atom. The number of thioether (sulfide) groups is 1. The van der Waals surface area contributed by atoms with E-state index in [1.165, 1.54) is 23.1 Å². The molecule has 1 aliphatic rings. The van der Waals surface area contributed by atoms with Crippen LogP contribution in [0.3, 0.4) is 0 Å². The molecule has 0 spiro atoms. The van der Waals surface area contributed by atoms with E-state index in [0.717, 1.165) is 9.90 Å². The van der Waals surface area contributed by atoms with E-state index < -0.39 is 12.2 Å². The average Bonchev–Trinajstić information content (AvgIpc) is 2.80. The van der Waals surface area contributed by atoms with Gasteiger partial charge in [0.25, 0.3) is 0 Å². The van der Waals surface area contributed by atoms with Crippen molar-refractivity contribution in [3.05, 3.63) is 4.88 Å². The van der Waals surface area contributed by atoms with Crippen molar-refractivity contribution in [1.82, 2.24) is 0 Å². The molecule has 0 saturated carbocycles. The van der Waals surface area contributed by atoms with Crippen molar-refractivity contribution in [2.45, 2.75) is 17.1 Å². The first-order valence-corrected chi connectivity index (χ1v) is 7.10. The molecule has 2 atom stereocenters. The van der Waals surface area contributed by atoms with E-state index >= 15 is 0 Å². The van der Waals surface area contributed by atoms with Gasteiger partial charge >= 0.3 is 0 Å². The van der Waals surface area contributed by atoms with Crippen LogP contribution in [0.15, 0.2) is 4.90 Å². The van der Waals surface area contributed by atoms with E-state index in [-0.39, 0.29) is 0 Å². The first-order chi connectivity index (χ1) is 8.08. The minimum absolute atomic E-state index is 0.375. The number of rotatable bonds is 2. The molecule has 0 aromatic carbocycles. The molecule has 92 valence electrons. The van der Waals surface area contributed by atoms with Crippen LogP contribution in [-0.2, 0) is 0 Å². The minimum atomic E-state index is -0.737. The number of nitriles is 1. The Hall–Kier alpha value is -0.940. The highest BCUT2D eigenvalue weighted by Gasteiger charge is 2.32. The molecule has 5 nitrogen and oxygen atoms in total. The predicted octanol–water partition coefficient (Wildman–Crippen LogP) is 0.466. The van der Waals surface area contributed by atoms with Gasteiger partial charge in [0.05, 0.1) is 22.8 Å². The van der Waals surface area contributed by atoms with Crippen LogP contribution in [0.25, 0.3) is 0 Å². The fourth-order valence-corrected chi connectivity index (χ4v) is 3.84. The monoisotopic (exact) mass is 271 g/mol. The van der Waals surface area contributed by atoms with Gasteiger partial charge in [0.15, 0.2) is 0 Å². The van der Waals surface area contributed by atoms with E-state index in [1.54, 1.807) is 0 Å². The highest BCUT2D eigenvalue weighted by molar-refractivity contribution is 7.99. The van der Waals surface area contributed by atoms with Gasteiger partial charge in [0.1, 0.15) is 15.9 Å². The molecule has 1 saturated heterocycles. The highest BCUT2D eigenvalue weighted by atomic mass is 32.2. The lowest BCUT2D eigenvalue weighted by Gasteiger charge is -2.16. The van der Waals surface area contributed by atoms with Crippen LogP contribution in [0.1, 0.15) is 4.88 Å². The maximum Gasteiger partial charge on any atom is 0.131 e. The van der Waals surface area contributed by atoms with Gasteiger partial charge in [-0.2, -0.15) is 5.26 Å². The summed E-state index contributed by atoms with van der Waals surface area (Å²) in [6.07, 6.45) is 0.420. The molecular weight excluding hydrogens is 258 g/mol. The van der Waals surface area contributed by atoms with E-state index in [1.807, 2.05) is 11.2 Å². The van der Waals surface area contributed by atoms with Crippen molar-refractivity contribution in [2.75, 3.05) is 30.0 Å². The second-order valence-corrected chi connectivity index (χ2v) is 5.65. The lowest BCUT2D eigenvalue weighted by Crippen LogP contribution is -2.22. The lowest BCUT2D eigenvalue weighted by molar-refractivity contribution is 0.0572. The van der Waals surface area contributed by atoms with Crippen LogP contribution < -0.4 is 10.6 Å². The SMILES string of the molecule is CSc1c(N2CC(O)C(O)C2)sc(C#N)c1N. The zero-order valence-electron chi connectivity index (χ0n) is 9.25. The van der Waals surface area contributed by atoms with Gasteiger partial charge in [-0.15, -0.1) is 23.1 Å². The molecular formula is C10H13N3O2S2. The maximum absolute atomic E-state index is 9.54. The van der Waals surface area contributed by atoms with Crippen molar-refractivity contribution in [3.63, 3.8) is 0 Å². The number of anilines is 2. The second-order valence-electron chi connectivity index (χ2n) is 3.83. The van der Waals surface area contributed by atoms with Gasteiger partial charge in [-0.1, -0.05) is 0 Å². The maximum atomic E-state index is 9.54. The fraction of sp³-hybridized carbons (Fsp3) is 0.500. The average molecular weight is 271 g/mol. The summed E-state index contributed by atoms with van der Waals surface area (Å²) in [6.45, 7) is 0.749. The molecule has 1 aliphatic heterocycles. The fourth-order valence-electron chi connectivity index (χ4n) is 1.84. The number of aliphatic hydroxyl groups is 2. The summed E-state index contributed by atoms with van der Waals surface area (Å²) in [5.74, 6) is 0. The Kier molecular flexibility index (Phi) is 3.49. The number of hydrogen-bond donors (Lipinski definition) is 3. The first kappa shape index (κ1) is 12.5.